The number of piperidine rings is 3. The van der Waals surface area contributed by atoms with Gasteiger partial charge in [0.25, 0.3) is 23.8 Å². The first-order chi connectivity index (χ1) is 68.1. The van der Waals surface area contributed by atoms with E-state index in [1.807, 2.05) is 130 Å². The number of phenolic OH excluding ortho intramolecular Hbond substituents is 9. The van der Waals surface area contributed by atoms with Crippen LogP contribution in [0.25, 0.3) is 53.9 Å². The summed E-state index contributed by atoms with van der Waals surface area (Å²) in [5.74, 6) is -6.88. The number of nitrogens with one attached hydrogen (secondary N) is 2. The van der Waals surface area contributed by atoms with Crippen LogP contribution < -0.4 is 90.2 Å². The number of hydrogen-bond donors (Lipinski definition) is 16. The number of carbonyl (C=O) groups excluding carboxylic acids is 4. The molecule has 760 valence electrons. The van der Waals surface area contributed by atoms with Crippen molar-refractivity contribution in [1.82, 2.24) is 0 Å². The van der Waals surface area contributed by atoms with Crippen LogP contribution in [-0.4, -0.2) is 162 Å². The second-order valence-corrected chi connectivity index (χ2v) is 29.0. The summed E-state index contributed by atoms with van der Waals surface area (Å²) in [6, 6.07) is 57.8. The van der Waals surface area contributed by atoms with Gasteiger partial charge in [0.1, 0.15) is 74.1 Å². The third-order valence-corrected chi connectivity index (χ3v) is 20.1. The zero-order valence-electron chi connectivity index (χ0n) is 83.5. The molecule has 3 aliphatic heterocycles. The van der Waals surface area contributed by atoms with E-state index in [0.717, 1.165) is 67.8 Å². The van der Waals surface area contributed by atoms with Gasteiger partial charge in [0.2, 0.25) is 0 Å². The van der Waals surface area contributed by atoms with Crippen molar-refractivity contribution in [3.05, 3.63) is 270 Å². The molecule has 0 aromatic heterocycles. The van der Waals surface area contributed by atoms with Gasteiger partial charge in [0.15, 0.2) is 11.5 Å². The van der Waals surface area contributed by atoms with Crippen molar-refractivity contribution >= 4 is 141 Å². The van der Waals surface area contributed by atoms with Crippen molar-refractivity contribution in [1.29, 1.82) is 0 Å². The average Bonchev–Trinajstić information content (AvgIpc) is 0.788. The van der Waals surface area contributed by atoms with Crippen LogP contribution in [0.1, 0.15) is 193 Å². The molecule has 3 fully saturated rings. The van der Waals surface area contributed by atoms with E-state index in [0.29, 0.717) is 54.5 Å². The number of benzene rings is 13. The van der Waals surface area contributed by atoms with E-state index >= 15 is 0 Å². The molecule has 144 heavy (non-hydrogen) atoms. The van der Waals surface area contributed by atoms with Crippen molar-refractivity contribution in [3.63, 3.8) is 0 Å². The van der Waals surface area contributed by atoms with E-state index in [1.54, 1.807) is 54.6 Å². The number of rotatable bonds is 12. The largest absolute Gasteiger partial charge is 1.00 e. The minimum Gasteiger partial charge on any atom is -0.507 e. The van der Waals surface area contributed by atoms with Crippen molar-refractivity contribution in [3.8, 4) is 57.5 Å². The molecule has 16 rings (SSSR count). The van der Waals surface area contributed by atoms with Gasteiger partial charge in [-0.3, -0.25) is 19.2 Å². The van der Waals surface area contributed by atoms with Crippen molar-refractivity contribution < 1.29 is 169 Å². The fourth-order valence-electron chi connectivity index (χ4n) is 13.8. The first-order valence-electron chi connectivity index (χ1n) is 45.3. The molecule has 3 aliphatic rings. The van der Waals surface area contributed by atoms with Crippen molar-refractivity contribution in [2.75, 3.05) is 84.6 Å². The Hall–Kier alpha value is -15.4. The number of carbonyl (C=O) groups is 7. The number of phenols is 10. The topological polar surface area (TPSA) is 625 Å². The Morgan fingerprint density at radius 3 is 0.806 bits per heavy atom. The van der Waals surface area contributed by atoms with Crippen LogP contribution in [0.15, 0.2) is 233 Å². The molecule has 0 aliphatic carbocycles. The maximum absolute atomic E-state index is 12.7. The number of methoxy groups -OCH3 is 2. The number of aliphatic carboxylic acids is 2. The number of fused-ring (bicyclic) bond motifs is 5. The number of aromatic carboxylic acids is 1. The van der Waals surface area contributed by atoms with Crippen molar-refractivity contribution in [2.24, 2.45) is 21.0 Å². The normalized spacial score (nSPS) is 11.3. The summed E-state index contributed by atoms with van der Waals surface area (Å²) >= 11 is 0. The molecule has 0 bridgehead atoms. The third-order valence-electron chi connectivity index (χ3n) is 20.1. The molecule has 0 spiro atoms. The molecule has 3 saturated heterocycles. The van der Waals surface area contributed by atoms with Crippen LogP contribution in [0, 0.1) is 30.0 Å². The number of hydrogen-bond acceptors (Lipinski definition) is 33. The van der Waals surface area contributed by atoms with Crippen LogP contribution in [0.5, 0.6) is 57.5 Å². The van der Waals surface area contributed by atoms with E-state index in [1.165, 1.54) is 176 Å². The van der Waals surface area contributed by atoms with Gasteiger partial charge in [-0.1, -0.05) is 118 Å². The number of carboxylic acid groups (broad SMARTS) is 3. The number of anilines is 6. The first kappa shape index (κ1) is 129. The molecule has 0 unspecified atom stereocenters. The number of nitroso groups, excluding NO2 is 2. The number of nitrogens with two attached hydrogens (primary N) is 1. The maximum atomic E-state index is 12.7. The van der Waals surface area contributed by atoms with Gasteiger partial charge in [0, 0.05) is 114 Å². The van der Waals surface area contributed by atoms with E-state index in [9.17, 15) is 84.9 Å². The van der Waals surface area contributed by atoms with Gasteiger partial charge >= 0.3 is 77.0 Å². The maximum Gasteiger partial charge on any atom is 1.00 e. The fourth-order valence-corrected chi connectivity index (χ4v) is 13.8. The second-order valence-electron chi connectivity index (χ2n) is 29.0. The number of nitrogens with zero attached hydrogens (tertiary/aromatic N) is 7. The molecule has 38 nitrogen and oxygen atoms in total. The van der Waals surface area contributed by atoms with Crippen LogP contribution >= 0.6 is 0 Å². The zero-order valence-corrected chi connectivity index (χ0v) is 87.5. The minimum absolute atomic E-state index is 0. The summed E-state index contributed by atoms with van der Waals surface area (Å²) in [4.78, 5) is 121. The second kappa shape index (κ2) is 69.5. The van der Waals surface area contributed by atoms with Crippen LogP contribution in [0.2, 0.25) is 0 Å². The van der Waals surface area contributed by atoms with Gasteiger partial charge in [-0.05, 0) is 259 Å². The van der Waals surface area contributed by atoms with E-state index in [2.05, 4.69) is 57.3 Å². The molecule has 0 atom stereocenters. The Morgan fingerprint density at radius 2 is 0.549 bits per heavy atom. The first-order valence-corrected chi connectivity index (χ1v) is 45.3. The quantitative estimate of drug-likeness (QED) is 0.0178. The standard InChI is InChI=1S/C22H21N3O4.C22H22N2O3.C12H9NO5.C12H10O4.C11H16N2.C11H8O4.2C2H4O2.5C2H6.2HNO2.2Na/c26-20-13-17-14(4-9-19(24-29)21(17)27)12-18(20)22(28)23-15-5-7-16(8-6-15)25-10-2-1-3-11-25;25-20-6-4-5-15-13-19(21(26)14-18(15)20)22(27)23-16-7-9-17(10-8-16)24-11-2-1-3-12-24;1-18-12(16)8-4-6-2-3-9(13-17)11(15)7(6)5-10(8)14;1-16-12(15)9-5-7-3-2-4-10(13)8(7)6-11(9)14;12-10-4-6-11(7-5-10)13-8-2-1-3-9-13;12-9-3-1-2-6-4-8(11(14)15)10(13)5-7(6)9;2*1-2(3)4;5*1-2;2*2-1-3;;/h4-9,12-13,26-27H,1-3,10-11H2,(H,23,28);4-10,13-14,25-26H,1-3,11-12H2,(H,23,27);2-5,14-15H,1H3;2-6,13-14H,1H3;4-7H,1-3,8-9,12H2;1-5,12-13H,(H,14,15);2*1H3,(H,3,4);5*1-2H3;2*(H,2,3);;/q;;;;;;;;;;;;;;;2*+1/p-2. The number of esters is 2. The average molecular weight is 2010 g/mol. The molecule has 2 amide bonds. The Balaban J connectivity index is 0.00000165. The predicted molar refractivity (Wildman–Crippen MR) is 556 cm³/mol. The predicted octanol–water partition coefficient (Wildman–Crippen LogP) is 17.9. The molecule has 3 heterocycles. The Morgan fingerprint density at radius 1 is 0.319 bits per heavy atom. The number of ether oxygens (including phenoxy) is 2. The van der Waals surface area contributed by atoms with Crippen LogP contribution in [-0.2, 0) is 19.1 Å². The van der Waals surface area contributed by atoms with E-state index < -0.39 is 35.8 Å². The Kier molecular flexibility index (Phi) is 62.1. The summed E-state index contributed by atoms with van der Waals surface area (Å²) in [5, 5.41) is 155. The van der Waals surface area contributed by atoms with Crippen LogP contribution in [0.4, 0.5) is 45.5 Å². The Bertz CT molecular complexity index is 6240. The fraction of sp³-hybridized carbons (Fsp3) is 0.279. The molecular weight excluding hydrogens is 1880 g/mol. The smallest absolute Gasteiger partial charge is 0.507 e. The number of aromatic hydroxyl groups is 10. The van der Waals surface area contributed by atoms with E-state index in [4.69, 9.17) is 50.9 Å². The molecule has 40 heteroatoms. The number of amides is 2. The van der Waals surface area contributed by atoms with Crippen LogP contribution in [0.3, 0.4) is 0 Å². The zero-order chi connectivity index (χ0) is 107. The molecule has 0 saturated carbocycles. The summed E-state index contributed by atoms with van der Waals surface area (Å²) in [6.45, 7) is 28.8. The molecule has 17 N–H and O–H groups in total. The third kappa shape index (κ3) is 40.3. The minimum atomic E-state index is -1.20. The SMILES string of the molecule is CC.CC.CC.CC.CC.CC(=O)O.CC(=O)O.COC(=O)c1cc2ccc(N=O)c(O)c2cc1O.COC(=O)c1cc2cccc(O)c2cc1O.Nc1ccc(N2CCCCC2)cc1.O=C(Nc1ccc(N2CCCCC2)cc1)c1cc2cccc(O)c2cc1O.O=C(O)c1cc2cccc(O)c2cc1O.O=N[O-].O=N[O-].O=Nc1ccc2cc(C(=O)Nc3ccc(N4CCCCC4)cc3)c(O)cc2c1O.[Na+].[Na+]. The Labute approximate surface area is 877 Å². The van der Waals surface area contributed by atoms with Gasteiger partial charge in [-0.25, -0.2) is 14.4 Å². The monoisotopic (exact) mass is 2010 g/mol. The summed E-state index contributed by atoms with van der Waals surface area (Å²) in [6.07, 6.45) is 11.4. The van der Waals surface area contributed by atoms with Gasteiger partial charge in [0.05, 0.1) is 25.3 Å². The van der Waals surface area contributed by atoms with Gasteiger partial charge in [-0.2, -0.15) is 0 Å². The van der Waals surface area contributed by atoms with Crippen molar-refractivity contribution in [2.45, 2.75) is 141 Å². The van der Waals surface area contributed by atoms with Gasteiger partial charge < -0.3 is 127 Å². The summed E-state index contributed by atoms with van der Waals surface area (Å²) in [7, 11) is 2.44. The molecule has 13 aromatic rings. The summed E-state index contributed by atoms with van der Waals surface area (Å²) in [5.41, 5.74) is 11.3. The summed E-state index contributed by atoms with van der Waals surface area (Å²) < 4.78 is 9.05. The molecular formula is C104H124N10Na2O28. The number of carboxylic acids is 3. The number of nitrogen functional groups attached to an aromatic ring is 1. The molecule has 13 aromatic carbocycles. The van der Waals surface area contributed by atoms with E-state index in [-0.39, 0.29) is 172 Å². The molecule has 0 radical (unpaired) electrons. The van der Waals surface area contributed by atoms with Gasteiger partial charge in [-0.15, -0.1) is 20.5 Å².